The van der Waals surface area contributed by atoms with E-state index in [0.717, 1.165) is 41.7 Å². The topological polar surface area (TPSA) is 69.4 Å². The summed E-state index contributed by atoms with van der Waals surface area (Å²) in [6, 6.07) is 8.66. The monoisotopic (exact) mass is 635 g/mol. The van der Waals surface area contributed by atoms with Crippen LogP contribution in [0.5, 0.6) is 6.01 Å². The molecule has 45 heavy (non-hydrogen) atoms. The Balaban J connectivity index is 1.35. The lowest BCUT2D eigenvalue weighted by Gasteiger charge is -2.41. The lowest BCUT2D eigenvalue weighted by molar-refractivity contribution is -0.131. The molecule has 12 heteroatoms. The van der Waals surface area contributed by atoms with Gasteiger partial charge < -0.3 is 29.2 Å². The Hall–Kier alpha value is -4.01. The van der Waals surface area contributed by atoms with E-state index >= 15 is 0 Å². The summed E-state index contributed by atoms with van der Waals surface area (Å²) < 4.78 is 34.7. The summed E-state index contributed by atoms with van der Waals surface area (Å²) in [6.45, 7) is 14.1. The van der Waals surface area contributed by atoms with E-state index in [9.17, 15) is 13.6 Å². The number of nitrogens with zero attached hydrogens (tertiary/aromatic N) is 7. The zero-order valence-corrected chi connectivity index (χ0v) is 26.3. The quantitative estimate of drug-likeness (QED) is 0.239. The van der Waals surface area contributed by atoms with Crippen molar-refractivity contribution in [1.29, 1.82) is 0 Å². The highest BCUT2D eigenvalue weighted by atomic mass is 35.5. The van der Waals surface area contributed by atoms with Gasteiger partial charge in [-0.05, 0) is 50.9 Å². The third-order valence-electron chi connectivity index (χ3n) is 8.97. The summed E-state index contributed by atoms with van der Waals surface area (Å²) in [5.41, 5.74) is 2.64. The van der Waals surface area contributed by atoms with Crippen LogP contribution in [0.1, 0.15) is 24.1 Å². The van der Waals surface area contributed by atoms with Gasteiger partial charge in [0.15, 0.2) is 5.83 Å². The Kier molecular flexibility index (Phi) is 8.55. The first kappa shape index (κ1) is 31.0. The molecule has 0 unspecified atom stereocenters. The van der Waals surface area contributed by atoms with Crippen LogP contribution >= 0.6 is 11.6 Å². The van der Waals surface area contributed by atoms with E-state index in [0.29, 0.717) is 50.4 Å². The van der Waals surface area contributed by atoms with Gasteiger partial charge in [-0.15, -0.1) is 0 Å². The number of carbonyl (C=O) groups excluding carboxylic acids is 1. The summed E-state index contributed by atoms with van der Waals surface area (Å²) in [5.74, 6) is -1.58. The minimum atomic E-state index is -1.03. The Labute approximate surface area is 266 Å². The molecule has 0 bridgehead atoms. The predicted octanol–water partition coefficient (Wildman–Crippen LogP) is 5.13. The summed E-state index contributed by atoms with van der Waals surface area (Å²) in [4.78, 5) is 33.6. The Morgan fingerprint density at radius 2 is 2.00 bits per heavy atom. The number of piperazine rings is 1. The van der Waals surface area contributed by atoms with Crippen LogP contribution in [0.4, 0.5) is 20.3 Å². The van der Waals surface area contributed by atoms with Crippen molar-refractivity contribution < 1.29 is 18.3 Å². The number of anilines is 2. The van der Waals surface area contributed by atoms with Crippen LogP contribution in [-0.4, -0.2) is 91.7 Å². The Bertz CT molecular complexity index is 1690. The van der Waals surface area contributed by atoms with Gasteiger partial charge in [-0.2, -0.15) is 9.97 Å². The van der Waals surface area contributed by atoms with Crippen molar-refractivity contribution >= 4 is 39.8 Å². The third kappa shape index (κ3) is 6.26. The molecule has 3 heterocycles. The largest absolute Gasteiger partial charge is 0.463 e. The van der Waals surface area contributed by atoms with E-state index in [4.69, 9.17) is 32.9 Å². The molecule has 3 aromatic rings. The van der Waals surface area contributed by atoms with Crippen molar-refractivity contribution in [3.63, 3.8) is 0 Å². The van der Waals surface area contributed by atoms with Gasteiger partial charge in [-0.25, -0.2) is 15.4 Å². The number of aromatic nitrogens is 2. The van der Waals surface area contributed by atoms with Crippen molar-refractivity contribution in [3.05, 3.63) is 76.3 Å². The Morgan fingerprint density at radius 1 is 1.20 bits per heavy atom. The van der Waals surface area contributed by atoms with Gasteiger partial charge in [-0.3, -0.25) is 4.79 Å². The maximum absolute atomic E-state index is 14.6. The van der Waals surface area contributed by atoms with Crippen LogP contribution in [0.2, 0.25) is 5.02 Å². The first-order valence-electron chi connectivity index (χ1n) is 15.1. The highest BCUT2D eigenvalue weighted by Crippen LogP contribution is 2.46. The molecular weight excluding hydrogens is 600 g/mol. The minimum absolute atomic E-state index is 0.0331. The second-order valence-electron chi connectivity index (χ2n) is 12.5. The highest BCUT2D eigenvalue weighted by Gasteiger charge is 2.44. The molecule has 1 amide bonds. The lowest BCUT2D eigenvalue weighted by atomic mass is 10.0. The number of benzene rings is 2. The number of fused-ring (bicyclic) bond motifs is 2. The molecule has 0 N–H and O–H groups in total. The molecule has 1 aromatic heterocycles. The average molecular weight is 636 g/mol. The van der Waals surface area contributed by atoms with E-state index in [1.165, 1.54) is 11.0 Å². The van der Waals surface area contributed by atoms with E-state index in [2.05, 4.69) is 40.2 Å². The first-order valence-corrected chi connectivity index (χ1v) is 15.5. The summed E-state index contributed by atoms with van der Waals surface area (Å²) in [6.07, 6.45) is 2.75. The highest BCUT2D eigenvalue weighted by molar-refractivity contribution is 6.36. The zero-order chi connectivity index (χ0) is 31.9. The van der Waals surface area contributed by atoms with Crippen LogP contribution in [0.3, 0.4) is 0 Å². The molecule has 0 radical (unpaired) electrons. The molecule has 1 saturated carbocycles. The molecule has 236 valence electrons. The molecular formula is C33H36ClF2N7O2. The minimum Gasteiger partial charge on any atom is -0.463 e. The maximum Gasteiger partial charge on any atom is 0.318 e. The van der Waals surface area contributed by atoms with Gasteiger partial charge in [0, 0.05) is 54.8 Å². The van der Waals surface area contributed by atoms with Gasteiger partial charge in [0.1, 0.15) is 17.7 Å². The SMILES string of the molecule is [C-]#[N+]C[C@H]1CN(c2nc(OCC3(CN(C)C)CC3)nc3c2CCN(c2cccc4ccc(F)c(Cl)c24)C3)CCN1C(=O)C(=C)F. The van der Waals surface area contributed by atoms with Crippen molar-refractivity contribution in [2.45, 2.75) is 31.8 Å². The van der Waals surface area contributed by atoms with Gasteiger partial charge in [-0.1, -0.05) is 36.4 Å². The summed E-state index contributed by atoms with van der Waals surface area (Å²) in [7, 11) is 4.10. The number of rotatable bonds is 9. The van der Waals surface area contributed by atoms with Crippen LogP contribution in [0.15, 0.2) is 42.7 Å². The van der Waals surface area contributed by atoms with E-state index in [-0.39, 0.29) is 29.5 Å². The van der Waals surface area contributed by atoms with Crippen molar-refractivity contribution in [2.75, 3.05) is 69.8 Å². The smallest absolute Gasteiger partial charge is 0.318 e. The number of carbonyl (C=O) groups is 1. The number of hydrogen-bond acceptors (Lipinski definition) is 7. The third-order valence-corrected chi connectivity index (χ3v) is 9.34. The predicted molar refractivity (Wildman–Crippen MR) is 171 cm³/mol. The van der Waals surface area contributed by atoms with Crippen molar-refractivity contribution in [1.82, 2.24) is 19.8 Å². The summed E-state index contributed by atoms with van der Waals surface area (Å²) >= 11 is 6.49. The number of amides is 1. The fourth-order valence-electron chi connectivity index (χ4n) is 6.62. The first-order chi connectivity index (χ1) is 21.6. The van der Waals surface area contributed by atoms with Gasteiger partial charge >= 0.3 is 6.01 Å². The number of hydrogen-bond donors (Lipinski definition) is 0. The normalized spacial score (nSPS) is 19.0. The van der Waals surface area contributed by atoms with E-state index in [1.807, 2.05) is 18.2 Å². The molecule has 2 aromatic carbocycles. The fraction of sp³-hybridized carbons (Fsp3) is 0.455. The van der Waals surface area contributed by atoms with E-state index in [1.54, 1.807) is 6.07 Å². The van der Waals surface area contributed by atoms with Gasteiger partial charge in [0.2, 0.25) is 6.54 Å². The molecule has 1 aliphatic carbocycles. The second-order valence-corrected chi connectivity index (χ2v) is 12.9. The molecule has 9 nitrogen and oxygen atoms in total. The number of ether oxygens (including phenoxy) is 1. The molecule has 2 fully saturated rings. The number of halogens is 3. The van der Waals surface area contributed by atoms with Crippen molar-refractivity contribution in [3.8, 4) is 6.01 Å². The average Bonchev–Trinajstić information content (AvgIpc) is 3.79. The van der Waals surface area contributed by atoms with E-state index < -0.39 is 23.6 Å². The fourth-order valence-corrected chi connectivity index (χ4v) is 6.89. The molecule has 1 atom stereocenters. The Morgan fingerprint density at radius 3 is 2.71 bits per heavy atom. The lowest BCUT2D eigenvalue weighted by Crippen LogP contribution is -2.57. The standard InChI is InChI=1S/C33H36ClF2N7O2/c1-21(35)31(44)43-15-14-42(17-23(43)16-37-2)30-24-10-13-41(27-7-5-6-22-8-9-25(36)29(34)28(22)27)18-26(24)38-32(39-30)45-20-33(11-12-33)19-40(3)4/h5-9,23H,1,10-20H2,3-4H3/t23-/m0/s1. The van der Waals surface area contributed by atoms with Crippen molar-refractivity contribution in [2.24, 2.45) is 5.41 Å². The van der Waals surface area contributed by atoms with Crippen LogP contribution in [0, 0.1) is 17.8 Å². The second kappa shape index (κ2) is 12.4. The van der Waals surface area contributed by atoms with Gasteiger partial charge in [0.25, 0.3) is 5.91 Å². The molecule has 1 saturated heterocycles. The van der Waals surface area contributed by atoms with Gasteiger partial charge in [0.05, 0.1) is 23.9 Å². The molecule has 3 aliphatic rings. The maximum atomic E-state index is 14.6. The van der Waals surface area contributed by atoms with Crippen LogP contribution in [0.25, 0.3) is 15.6 Å². The summed E-state index contributed by atoms with van der Waals surface area (Å²) in [5, 5.41) is 1.60. The zero-order valence-electron chi connectivity index (χ0n) is 25.5. The molecule has 6 rings (SSSR count). The van der Waals surface area contributed by atoms with Crippen LogP contribution in [-0.2, 0) is 17.8 Å². The molecule has 0 spiro atoms. The molecule has 2 aliphatic heterocycles. The van der Waals surface area contributed by atoms with Crippen LogP contribution < -0.4 is 14.5 Å².